The Kier molecular flexibility index (Phi) is 5.93. The number of likely N-dealkylation sites (tertiary alicyclic amines) is 1. The van der Waals surface area contributed by atoms with Gasteiger partial charge in [0, 0.05) is 19.2 Å². The van der Waals surface area contributed by atoms with Crippen molar-refractivity contribution in [3.8, 4) is 5.75 Å². The van der Waals surface area contributed by atoms with Gasteiger partial charge < -0.3 is 15.0 Å². The highest BCUT2D eigenvalue weighted by Gasteiger charge is 2.34. The van der Waals surface area contributed by atoms with Crippen molar-refractivity contribution in [3.05, 3.63) is 29.8 Å². The SMILES string of the molecule is CNC[C@H]1CCN(C(=O)[C@@H](Oc2ccc(F)cc2F)C(C)C)C1. The van der Waals surface area contributed by atoms with E-state index in [2.05, 4.69) is 5.32 Å². The van der Waals surface area contributed by atoms with E-state index < -0.39 is 17.7 Å². The molecule has 0 radical (unpaired) electrons. The van der Waals surface area contributed by atoms with Gasteiger partial charge in [0.15, 0.2) is 17.7 Å². The average molecular weight is 326 g/mol. The average Bonchev–Trinajstić information content (AvgIpc) is 2.94. The standard InChI is InChI=1S/C17H24F2N2O2/c1-11(2)16(23-15-5-4-13(18)8-14(15)19)17(22)21-7-6-12(10-21)9-20-3/h4-5,8,11-12,16,20H,6-7,9-10H2,1-3H3/t12-,16+/m1/s1. The summed E-state index contributed by atoms with van der Waals surface area (Å²) in [5.74, 6) is -1.38. The second kappa shape index (κ2) is 7.73. The van der Waals surface area contributed by atoms with E-state index in [1.807, 2.05) is 20.9 Å². The van der Waals surface area contributed by atoms with Gasteiger partial charge in [-0.25, -0.2) is 8.78 Å². The predicted molar refractivity (Wildman–Crippen MR) is 84.2 cm³/mol. The molecule has 2 rings (SSSR count). The van der Waals surface area contributed by atoms with Gasteiger partial charge in [-0.1, -0.05) is 13.8 Å². The molecule has 0 saturated carbocycles. The Bertz CT molecular complexity index is 551. The Labute approximate surface area is 135 Å². The van der Waals surface area contributed by atoms with Crippen LogP contribution in [0.2, 0.25) is 0 Å². The molecule has 0 bridgehead atoms. The minimum Gasteiger partial charge on any atom is -0.477 e. The molecular weight excluding hydrogens is 302 g/mol. The van der Waals surface area contributed by atoms with Gasteiger partial charge in [-0.15, -0.1) is 0 Å². The lowest BCUT2D eigenvalue weighted by atomic mass is 10.1. The van der Waals surface area contributed by atoms with Crippen LogP contribution in [0.5, 0.6) is 5.75 Å². The summed E-state index contributed by atoms with van der Waals surface area (Å²) in [5.41, 5.74) is 0. The van der Waals surface area contributed by atoms with Gasteiger partial charge in [-0.2, -0.15) is 0 Å². The lowest BCUT2D eigenvalue weighted by Crippen LogP contribution is -2.44. The zero-order valence-electron chi connectivity index (χ0n) is 13.8. The normalized spacial score (nSPS) is 19.2. The fourth-order valence-corrected chi connectivity index (χ4v) is 2.85. The van der Waals surface area contributed by atoms with Crippen LogP contribution in [0, 0.1) is 23.5 Å². The molecule has 1 aromatic rings. The molecule has 1 aliphatic rings. The van der Waals surface area contributed by atoms with Gasteiger partial charge in [0.2, 0.25) is 0 Å². The molecule has 128 valence electrons. The first-order valence-corrected chi connectivity index (χ1v) is 7.97. The molecule has 1 heterocycles. The summed E-state index contributed by atoms with van der Waals surface area (Å²) in [7, 11) is 1.89. The van der Waals surface area contributed by atoms with Crippen LogP contribution >= 0.6 is 0 Å². The van der Waals surface area contributed by atoms with E-state index in [4.69, 9.17) is 4.74 Å². The number of hydrogen-bond acceptors (Lipinski definition) is 3. The Morgan fingerprint density at radius 3 is 2.78 bits per heavy atom. The first kappa shape index (κ1) is 17.7. The van der Waals surface area contributed by atoms with Gasteiger partial charge >= 0.3 is 0 Å². The molecule has 4 nitrogen and oxygen atoms in total. The van der Waals surface area contributed by atoms with E-state index >= 15 is 0 Å². The fraction of sp³-hybridized carbons (Fsp3) is 0.588. The van der Waals surface area contributed by atoms with Crippen LogP contribution in [0.4, 0.5) is 8.78 Å². The second-order valence-electron chi connectivity index (χ2n) is 6.35. The highest BCUT2D eigenvalue weighted by molar-refractivity contribution is 5.81. The number of carbonyl (C=O) groups excluding carboxylic acids is 1. The van der Waals surface area contributed by atoms with E-state index in [1.54, 1.807) is 4.90 Å². The number of hydrogen-bond donors (Lipinski definition) is 1. The minimum atomic E-state index is -0.794. The van der Waals surface area contributed by atoms with Crippen LogP contribution < -0.4 is 10.1 Å². The summed E-state index contributed by atoms with van der Waals surface area (Å²) >= 11 is 0. The number of nitrogens with zero attached hydrogens (tertiary/aromatic N) is 1. The molecular formula is C17H24F2N2O2. The highest BCUT2D eigenvalue weighted by atomic mass is 19.1. The van der Waals surface area contributed by atoms with E-state index in [9.17, 15) is 13.6 Å². The smallest absolute Gasteiger partial charge is 0.263 e. The molecule has 1 aliphatic heterocycles. The summed E-state index contributed by atoms with van der Waals surface area (Å²) in [6, 6.07) is 3.11. The maximum absolute atomic E-state index is 13.8. The number of benzene rings is 1. The van der Waals surface area contributed by atoms with Crippen molar-refractivity contribution in [1.82, 2.24) is 10.2 Å². The molecule has 0 spiro atoms. The number of halogens is 2. The van der Waals surface area contributed by atoms with Crippen LogP contribution in [-0.4, -0.2) is 43.6 Å². The number of ether oxygens (including phenoxy) is 1. The van der Waals surface area contributed by atoms with Crippen LogP contribution in [0.1, 0.15) is 20.3 Å². The molecule has 1 aromatic carbocycles. The Morgan fingerprint density at radius 1 is 1.43 bits per heavy atom. The molecule has 2 atom stereocenters. The monoisotopic (exact) mass is 326 g/mol. The predicted octanol–water partition coefficient (Wildman–Crippen LogP) is 2.44. The number of nitrogens with one attached hydrogen (secondary N) is 1. The zero-order chi connectivity index (χ0) is 17.0. The summed E-state index contributed by atoms with van der Waals surface area (Å²) < 4.78 is 32.3. The van der Waals surface area contributed by atoms with Crippen LogP contribution in [0.15, 0.2) is 18.2 Å². The topological polar surface area (TPSA) is 41.6 Å². The largest absolute Gasteiger partial charge is 0.477 e. The minimum absolute atomic E-state index is 0.0931. The molecule has 23 heavy (non-hydrogen) atoms. The van der Waals surface area contributed by atoms with E-state index in [0.29, 0.717) is 19.0 Å². The first-order valence-electron chi connectivity index (χ1n) is 7.97. The zero-order valence-corrected chi connectivity index (χ0v) is 13.8. The van der Waals surface area contributed by atoms with E-state index in [-0.39, 0.29) is 17.6 Å². The third kappa shape index (κ3) is 4.41. The molecule has 1 fully saturated rings. The van der Waals surface area contributed by atoms with Crippen molar-refractivity contribution in [1.29, 1.82) is 0 Å². The molecule has 0 aliphatic carbocycles. The van der Waals surface area contributed by atoms with Crippen molar-refractivity contribution >= 4 is 5.91 Å². The van der Waals surface area contributed by atoms with E-state index in [0.717, 1.165) is 25.1 Å². The van der Waals surface area contributed by atoms with Gasteiger partial charge in [-0.05, 0) is 44.0 Å². The lowest BCUT2D eigenvalue weighted by molar-refractivity contribution is -0.139. The van der Waals surface area contributed by atoms with Crippen molar-refractivity contribution < 1.29 is 18.3 Å². The van der Waals surface area contributed by atoms with Crippen LogP contribution in [-0.2, 0) is 4.79 Å². The third-order valence-electron chi connectivity index (χ3n) is 4.09. The van der Waals surface area contributed by atoms with Crippen molar-refractivity contribution in [2.75, 3.05) is 26.7 Å². The van der Waals surface area contributed by atoms with Gasteiger partial charge in [-0.3, -0.25) is 4.79 Å². The summed E-state index contributed by atoms with van der Waals surface area (Å²) in [4.78, 5) is 14.5. The number of rotatable bonds is 6. The number of carbonyl (C=O) groups is 1. The lowest BCUT2D eigenvalue weighted by Gasteiger charge is -2.27. The van der Waals surface area contributed by atoms with Gasteiger partial charge in [0.25, 0.3) is 5.91 Å². The molecule has 1 saturated heterocycles. The van der Waals surface area contributed by atoms with Crippen molar-refractivity contribution in [2.45, 2.75) is 26.4 Å². The quantitative estimate of drug-likeness (QED) is 0.873. The van der Waals surface area contributed by atoms with Gasteiger partial charge in [0.1, 0.15) is 5.82 Å². The second-order valence-corrected chi connectivity index (χ2v) is 6.35. The van der Waals surface area contributed by atoms with Crippen LogP contribution in [0.3, 0.4) is 0 Å². The number of amides is 1. The molecule has 1 amide bonds. The maximum atomic E-state index is 13.8. The molecule has 1 N–H and O–H groups in total. The van der Waals surface area contributed by atoms with E-state index in [1.165, 1.54) is 6.07 Å². The van der Waals surface area contributed by atoms with Crippen molar-refractivity contribution in [2.24, 2.45) is 11.8 Å². The Hall–Kier alpha value is -1.69. The van der Waals surface area contributed by atoms with Crippen molar-refractivity contribution in [3.63, 3.8) is 0 Å². The molecule has 6 heteroatoms. The summed E-state index contributed by atoms with van der Waals surface area (Å²) in [5, 5.41) is 3.12. The summed E-state index contributed by atoms with van der Waals surface area (Å²) in [6.45, 7) is 5.93. The molecule has 0 aromatic heterocycles. The van der Waals surface area contributed by atoms with Gasteiger partial charge in [0.05, 0.1) is 0 Å². The third-order valence-corrected chi connectivity index (χ3v) is 4.09. The highest BCUT2D eigenvalue weighted by Crippen LogP contribution is 2.24. The molecule has 0 unspecified atom stereocenters. The Morgan fingerprint density at radius 2 is 2.17 bits per heavy atom. The fourth-order valence-electron chi connectivity index (χ4n) is 2.85. The first-order chi connectivity index (χ1) is 10.9. The van der Waals surface area contributed by atoms with Crippen LogP contribution in [0.25, 0.3) is 0 Å². The Balaban J connectivity index is 2.07. The maximum Gasteiger partial charge on any atom is 0.263 e. The summed E-state index contributed by atoms with van der Waals surface area (Å²) in [6.07, 6.45) is 0.172.